The normalized spacial score (nSPS) is 28.8. The fourth-order valence-corrected chi connectivity index (χ4v) is 5.02. The lowest BCUT2D eigenvalue weighted by Gasteiger charge is -2.28. The molecular weight excluding hydrogens is 322 g/mol. The molecule has 3 aliphatic rings. The number of hydrogen-bond acceptors (Lipinski definition) is 3. The molecule has 0 aromatic heterocycles. The molecule has 0 spiro atoms. The van der Waals surface area contributed by atoms with Crippen LogP contribution in [0.15, 0.2) is 24.3 Å². The lowest BCUT2D eigenvalue weighted by Crippen LogP contribution is -2.39. The van der Waals surface area contributed by atoms with Gasteiger partial charge in [-0.05, 0) is 68.7 Å². The van der Waals surface area contributed by atoms with Gasteiger partial charge in [0.25, 0.3) is 0 Å². The molecule has 3 fully saturated rings. The first-order chi connectivity index (χ1) is 12.7. The smallest absolute Gasteiger partial charge is 0.220 e. The van der Waals surface area contributed by atoms with Crippen molar-refractivity contribution in [3.8, 4) is 0 Å². The number of benzene rings is 1. The van der Waals surface area contributed by atoms with Gasteiger partial charge in [0, 0.05) is 31.6 Å². The van der Waals surface area contributed by atoms with Crippen molar-refractivity contribution in [2.75, 3.05) is 13.1 Å². The largest absolute Gasteiger partial charge is 0.352 e. The molecule has 2 bridgehead atoms. The minimum atomic E-state index is 0.216. The molecule has 142 valence electrons. The Morgan fingerprint density at radius 1 is 1.00 bits per heavy atom. The fraction of sp³-hybridized carbons (Fsp3) is 0.682. The van der Waals surface area contributed by atoms with E-state index in [0.29, 0.717) is 31.0 Å². The second-order valence-corrected chi connectivity index (χ2v) is 8.61. The molecule has 3 aliphatic heterocycles. The zero-order valence-electron chi connectivity index (χ0n) is 15.9. The summed E-state index contributed by atoms with van der Waals surface area (Å²) in [5, 5.41) is 6.78. The number of amides is 1. The lowest BCUT2D eigenvalue weighted by molar-refractivity contribution is -0.122. The van der Waals surface area contributed by atoms with Crippen LogP contribution in [0.1, 0.15) is 62.5 Å². The van der Waals surface area contributed by atoms with E-state index < -0.39 is 0 Å². The first-order valence-corrected chi connectivity index (χ1v) is 10.6. The van der Waals surface area contributed by atoms with Gasteiger partial charge in [0.1, 0.15) is 0 Å². The highest BCUT2D eigenvalue weighted by Crippen LogP contribution is 2.32. The van der Waals surface area contributed by atoms with Gasteiger partial charge >= 0.3 is 0 Å². The van der Waals surface area contributed by atoms with Gasteiger partial charge in [-0.3, -0.25) is 9.69 Å². The molecule has 2 atom stereocenters. The number of piperidine rings is 2. The molecule has 1 amide bonds. The van der Waals surface area contributed by atoms with Gasteiger partial charge in [-0.15, -0.1) is 0 Å². The van der Waals surface area contributed by atoms with Crippen LogP contribution in [0.3, 0.4) is 0 Å². The molecular formula is C22H33N3O. The van der Waals surface area contributed by atoms with Crippen LogP contribution < -0.4 is 10.6 Å². The van der Waals surface area contributed by atoms with Crippen LogP contribution in [0.2, 0.25) is 0 Å². The summed E-state index contributed by atoms with van der Waals surface area (Å²) in [5.41, 5.74) is 2.58. The number of fused-ring (bicyclic) bond motifs is 2. The average Bonchev–Trinajstić information content (AvgIpc) is 3.00. The third-order valence-electron chi connectivity index (χ3n) is 6.41. The second-order valence-electron chi connectivity index (χ2n) is 8.61. The molecule has 1 aromatic carbocycles. The third kappa shape index (κ3) is 4.86. The Balaban J connectivity index is 1.19. The van der Waals surface area contributed by atoms with Crippen molar-refractivity contribution in [3.63, 3.8) is 0 Å². The number of hydrogen-bond donors (Lipinski definition) is 2. The predicted octanol–water partition coefficient (Wildman–Crippen LogP) is 3.21. The van der Waals surface area contributed by atoms with Crippen LogP contribution >= 0.6 is 0 Å². The van der Waals surface area contributed by atoms with Gasteiger partial charge < -0.3 is 10.6 Å². The van der Waals surface area contributed by atoms with Crippen LogP contribution in [0.5, 0.6) is 0 Å². The van der Waals surface area contributed by atoms with Crippen LogP contribution in [0, 0.1) is 5.92 Å². The minimum absolute atomic E-state index is 0.216. The number of nitrogens with zero attached hydrogens (tertiary/aromatic N) is 1. The Kier molecular flexibility index (Phi) is 5.91. The van der Waals surface area contributed by atoms with Crippen LogP contribution in [-0.4, -0.2) is 36.0 Å². The summed E-state index contributed by atoms with van der Waals surface area (Å²) >= 11 is 0. The predicted molar refractivity (Wildman–Crippen MR) is 105 cm³/mol. The monoisotopic (exact) mass is 355 g/mol. The van der Waals surface area contributed by atoms with E-state index in [9.17, 15) is 4.79 Å². The van der Waals surface area contributed by atoms with Crippen LogP contribution in [0.4, 0.5) is 0 Å². The highest BCUT2D eigenvalue weighted by Gasteiger charge is 2.34. The summed E-state index contributed by atoms with van der Waals surface area (Å²) in [5.74, 6) is 0.786. The van der Waals surface area contributed by atoms with Crippen molar-refractivity contribution in [2.45, 2.75) is 76.5 Å². The van der Waals surface area contributed by atoms with Crippen LogP contribution in [0.25, 0.3) is 0 Å². The summed E-state index contributed by atoms with van der Waals surface area (Å²) in [7, 11) is 0. The molecule has 2 unspecified atom stereocenters. The molecule has 1 aromatic rings. The lowest BCUT2D eigenvalue weighted by atomic mass is 9.89. The highest BCUT2D eigenvalue weighted by atomic mass is 16.1. The summed E-state index contributed by atoms with van der Waals surface area (Å²) in [6.45, 7) is 4.18. The van der Waals surface area contributed by atoms with Gasteiger partial charge in [0.15, 0.2) is 0 Å². The van der Waals surface area contributed by atoms with E-state index in [0.717, 1.165) is 6.54 Å². The first kappa shape index (κ1) is 18.0. The van der Waals surface area contributed by atoms with Crippen molar-refractivity contribution in [2.24, 2.45) is 5.92 Å². The minimum Gasteiger partial charge on any atom is -0.352 e. The molecule has 4 heteroatoms. The van der Waals surface area contributed by atoms with Crippen molar-refractivity contribution in [1.29, 1.82) is 0 Å². The Morgan fingerprint density at radius 3 is 2.35 bits per heavy atom. The number of carbonyl (C=O) groups excluding carboxylic acids is 1. The van der Waals surface area contributed by atoms with Gasteiger partial charge in [0.05, 0.1) is 0 Å². The zero-order valence-corrected chi connectivity index (χ0v) is 15.9. The van der Waals surface area contributed by atoms with Crippen molar-refractivity contribution in [1.82, 2.24) is 15.5 Å². The van der Waals surface area contributed by atoms with Crippen LogP contribution in [-0.2, 0) is 17.9 Å². The Morgan fingerprint density at radius 2 is 1.65 bits per heavy atom. The van der Waals surface area contributed by atoms with Crippen molar-refractivity contribution in [3.05, 3.63) is 35.4 Å². The number of rotatable bonds is 6. The molecule has 4 nitrogen and oxygen atoms in total. The number of carbonyl (C=O) groups is 1. The molecule has 0 aliphatic carbocycles. The third-order valence-corrected chi connectivity index (χ3v) is 6.41. The Bertz CT molecular complexity index is 582. The molecule has 2 N–H and O–H groups in total. The topological polar surface area (TPSA) is 44.4 Å². The van der Waals surface area contributed by atoms with Gasteiger partial charge in [-0.2, -0.15) is 0 Å². The first-order valence-electron chi connectivity index (χ1n) is 10.6. The summed E-state index contributed by atoms with van der Waals surface area (Å²) < 4.78 is 0. The number of nitrogens with one attached hydrogen (secondary N) is 2. The maximum absolute atomic E-state index is 12.3. The molecule has 0 saturated carbocycles. The van der Waals surface area contributed by atoms with E-state index in [2.05, 4.69) is 39.8 Å². The molecule has 3 saturated heterocycles. The quantitative estimate of drug-likeness (QED) is 0.824. The van der Waals surface area contributed by atoms with E-state index in [4.69, 9.17) is 0 Å². The Hall–Kier alpha value is -1.39. The SMILES string of the molecule is O=C(CC1CC2CCC(C1)N2)NCc1ccc(CN2CCCCC2)cc1. The van der Waals surface area contributed by atoms with E-state index >= 15 is 0 Å². The van der Waals surface area contributed by atoms with Gasteiger partial charge in [-0.25, -0.2) is 0 Å². The van der Waals surface area contributed by atoms with Gasteiger partial charge in [0.2, 0.25) is 5.91 Å². The maximum atomic E-state index is 12.3. The summed E-state index contributed by atoms with van der Waals surface area (Å²) in [6.07, 6.45) is 9.70. The fourth-order valence-electron chi connectivity index (χ4n) is 5.02. The average molecular weight is 356 g/mol. The Labute approximate surface area is 157 Å². The van der Waals surface area contributed by atoms with E-state index in [-0.39, 0.29) is 5.91 Å². The zero-order chi connectivity index (χ0) is 17.8. The van der Waals surface area contributed by atoms with Gasteiger partial charge in [-0.1, -0.05) is 30.7 Å². The number of likely N-dealkylation sites (tertiary alicyclic amines) is 1. The van der Waals surface area contributed by atoms with E-state index in [1.54, 1.807) is 0 Å². The second kappa shape index (κ2) is 8.53. The highest BCUT2D eigenvalue weighted by molar-refractivity contribution is 5.76. The standard InChI is InChI=1S/C22H33N3O/c26-22(14-19-12-20-8-9-21(13-19)24-20)23-15-17-4-6-18(7-5-17)16-25-10-2-1-3-11-25/h4-7,19-21,24H,1-3,8-16H2,(H,23,26). The molecule has 0 radical (unpaired) electrons. The molecule has 4 rings (SSSR count). The summed E-state index contributed by atoms with van der Waals surface area (Å²) in [6, 6.07) is 10.1. The molecule has 26 heavy (non-hydrogen) atoms. The van der Waals surface area contributed by atoms with Crippen molar-refractivity contribution < 1.29 is 4.79 Å². The van der Waals surface area contributed by atoms with Crippen molar-refractivity contribution >= 4 is 5.91 Å². The molecule has 3 heterocycles. The maximum Gasteiger partial charge on any atom is 0.220 e. The van der Waals surface area contributed by atoms with E-state index in [1.807, 2.05) is 0 Å². The summed E-state index contributed by atoms with van der Waals surface area (Å²) in [4.78, 5) is 14.9. The van der Waals surface area contributed by atoms with E-state index in [1.165, 1.54) is 69.2 Å².